The van der Waals surface area contributed by atoms with Crippen LogP contribution in [-0.4, -0.2) is 34.6 Å². The third-order valence-electron chi connectivity index (χ3n) is 4.29. The number of carbonyl (C=O) groups excluding carboxylic acids is 1. The van der Waals surface area contributed by atoms with E-state index in [4.69, 9.17) is 11.6 Å². The normalized spacial score (nSPS) is 20.8. The molecule has 4 rings (SSSR count). The van der Waals surface area contributed by atoms with E-state index in [0.717, 1.165) is 19.0 Å². The van der Waals surface area contributed by atoms with Crippen LogP contribution in [0.25, 0.3) is 0 Å². The molecular formula is C15H14ClFN4O. The Hall–Kier alpha value is -2.08. The SMILES string of the molecule is O=C1C(N2CCn3ccnc32)CCN1c1ccc(Cl)cc1F. The number of imidazole rings is 1. The fourth-order valence-corrected chi connectivity index (χ4v) is 3.40. The van der Waals surface area contributed by atoms with Crippen molar-refractivity contribution >= 4 is 29.1 Å². The van der Waals surface area contributed by atoms with Gasteiger partial charge in [-0.3, -0.25) is 4.79 Å². The van der Waals surface area contributed by atoms with Crippen molar-refractivity contribution in [2.45, 2.75) is 19.0 Å². The van der Waals surface area contributed by atoms with Crippen molar-refractivity contribution in [3.05, 3.63) is 41.4 Å². The summed E-state index contributed by atoms with van der Waals surface area (Å²) in [5, 5.41) is 0.325. The van der Waals surface area contributed by atoms with Gasteiger partial charge in [0, 0.05) is 37.1 Å². The highest BCUT2D eigenvalue weighted by atomic mass is 35.5. The third kappa shape index (κ3) is 1.98. The summed E-state index contributed by atoms with van der Waals surface area (Å²) >= 11 is 5.77. The summed E-state index contributed by atoms with van der Waals surface area (Å²) in [4.78, 5) is 20.5. The molecule has 22 heavy (non-hydrogen) atoms. The molecule has 0 N–H and O–H groups in total. The number of halogens is 2. The van der Waals surface area contributed by atoms with Gasteiger partial charge in [-0.25, -0.2) is 9.37 Å². The minimum Gasteiger partial charge on any atom is -0.328 e. The quantitative estimate of drug-likeness (QED) is 0.852. The molecule has 0 saturated carbocycles. The van der Waals surface area contributed by atoms with Gasteiger partial charge in [0.05, 0.1) is 5.69 Å². The standard InChI is InChI=1S/C15H14ClFN4O/c16-10-1-2-12(11(17)9-10)20-5-3-13(14(20)22)21-8-7-19-6-4-18-15(19)21/h1-2,4,6,9,13H,3,5,7-8H2. The van der Waals surface area contributed by atoms with Gasteiger partial charge in [-0.2, -0.15) is 0 Å². The summed E-state index contributed by atoms with van der Waals surface area (Å²) in [6.07, 6.45) is 4.30. The Balaban J connectivity index is 1.61. The number of carbonyl (C=O) groups is 1. The van der Waals surface area contributed by atoms with Crippen molar-refractivity contribution in [1.82, 2.24) is 9.55 Å². The maximum absolute atomic E-state index is 14.1. The van der Waals surface area contributed by atoms with Gasteiger partial charge in [0.1, 0.15) is 11.9 Å². The Morgan fingerprint density at radius 3 is 2.95 bits per heavy atom. The first-order valence-electron chi connectivity index (χ1n) is 7.19. The molecule has 0 aliphatic carbocycles. The first-order chi connectivity index (χ1) is 10.6. The summed E-state index contributed by atoms with van der Waals surface area (Å²) in [6, 6.07) is 4.12. The summed E-state index contributed by atoms with van der Waals surface area (Å²) in [5.41, 5.74) is 0.291. The molecule has 0 bridgehead atoms. The highest BCUT2D eigenvalue weighted by Crippen LogP contribution is 2.31. The van der Waals surface area contributed by atoms with E-state index in [1.54, 1.807) is 18.3 Å². The molecule has 1 saturated heterocycles. The molecule has 1 aromatic carbocycles. The Labute approximate surface area is 131 Å². The van der Waals surface area contributed by atoms with Crippen LogP contribution in [0.3, 0.4) is 0 Å². The highest BCUT2D eigenvalue weighted by Gasteiger charge is 2.40. The molecule has 1 unspecified atom stereocenters. The molecule has 1 atom stereocenters. The zero-order valence-electron chi connectivity index (χ0n) is 11.7. The molecule has 1 aromatic heterocycles. The summed E-state index contributed by atoms with van der Waals surface area (Å²) < 4.78 is 16.1. The Bertz CT molecular complexity index is 747. The van der Waals surface area contributed by atoms with E-state index < -0.39 is 5.82 Å². The number of hydrogen-bond acceptors (Lipinski definition) is 3. The second-order valence-corrected chi connectivity index (χ2v) is 5.94. The van der Waals surface area contributed by atoms with Crippen LogP contribution >= 0.6 is 11.6 Å². The van der Waals surface area contributed by atoms with Crippen LogP contribution in [0.2, 0.25) is 5.02 Å². The molecule has 0 spiro atoms. The molecule has 2 aromatic rings. The van der Waals surface area contributed by atoms with Gasteiger partial charge in [0.25, 0.3) is 0 Å². The van der Waals surface area contributed by atoms with Crippen LogP contribution in [0, 0.1) is 5.82 Å². The fraction of sp³-hybridized carbons (Fsp3) is 0.333. The van der Waals surface area contributed by atoms with Crippen LogP contribution in [0.5, 0.6) is 0 Å². The number of hydrogen-bond donors (Lipinski definition) is 0. The smallest absolute Gasteiger partial charge is 0.249 e. The number of anilines is 2. The van der Waals surface area contributed by atoms with Crippen LogP contribution in [0.1, 0.15) is 6.42 Å². The molecule has 3 heterocycles. The maximum atomic E-state index is 14.1. The topological polar surface area (TPSA) is 41.4 Å². The second-order valence-electron chi connectivity index (χ2n) is 5.50. The molecular weight excluding hydrogens is 307 g/mol. The summed E-state index contributed by atoms with van der Waals surface area (Å²) in [7, 11) is 0. The number of aromatic nitrogens is 2. The molecule has 2 aliphatic rings. The van der Waals surface area contributed by atoms with Crippen LogP contribution in [0.15, 0.2) is 30.6 Å². The van der Waals surface area contributed by atoms with Crippen molar-refractivity contribution in [3.63, 3.8) is 0 Å². The van der Waals surface area contributed by atoms with Crippen molar-refractivity contribution in [1.29, 1.82) is 0 Å². The summed E-state index contributed by atoms with van der Waals surface area (Å²) in [6.45, 7) is 2.09. The molecule has 114 valence electrons. The average molecular weight is 321 g/mol. The lowest BCUT2D eigenvalue weighted by atomic mass is 10.2. The van der Waals surface area contributed by atoms with Crippen LogP contribution in [0.4, 0.5) is 16.0 Å². The third-order valence-corrected chi connectivity index (χ3v) is 4.52. The van der Waals surface area contributed by atoms with E-state index in [2.05, 4.69) is 4.98 Å². The first kappa shape index (κ1) is 13.6. The van der Waals surface area contributed by atoms with Gasteiger partial charge < -0.3 is 14.4 Å². The van der Waals surface area contributed by atoms with Gasteiger partial charge in [-0.05, 0) is 24.6 Å². The van der Waals surface area contributed by atoms with Crippen LogP contribution < -0.4 is 9.80 Å². The van der Waals surface area contributed by atoms with Crippen molar-refractivity contribution in [2.24, 2.45) is 0 Å². The predicted molar refractivity (Wildman–Crippen MR) is 81.7 cm³/mol. The average Bonchev–Trinajstić information content (AvgIpc) is 3.15. The van der Waals surface area contributed by atoms with Gasteiger partial charge in [-0.1, -0.05) is 11.6 Å². The predicted octanol–water partition coefficient (Wildman–Crippen LogP) is 2.30. The lowest BCUT2D eigenvalue weighted by Crippen LogP contribution is -2.41. The zero-order valence-corrected chi connectivity index (χ0v) is 12.5. The highest BCUT2D eigenvalue weighted by molar-refractivity contribution is 6.30. The summed E-state index contributed by atoms with van der Waals surface area (Å²) in [5.74, 6) is 0.263. The lowest BCUT2D eigenvalue weighted by molar-refractivity contribution is -0.118. The number of amides is 1. The molecule has 0 radical (unpaired) electrons. The lowest BCUT2D eigenvalue weighted by Gasteiger charge is -2.23. The van der Waals surface area contributed by atoms with E-state index in [-0.39, 0.29) is 11.9 Å². The van der Waals surface area contributed by atoms with Crippen molar-refractivity contribution in [3.8, 4) is 0 Å². The fourth-order valence-electron chi connectivity index (χ4n) is 3.24. The molecule has 7 heteroatoms. The van der Waals surface area contributed by atoms with E-state index in [1.807, 2.05) is 15.7 Å². The second kappa shape index (κ2) is 4.98. The first-order valence-corrected chi connectivity index (χ1v) is 7.57. The van der Waals surface area contributed by atoms with Gasteiger partial charge in [0.15, 0.2) is 0 Å². The van der Waals surface area contributed by atoms with Gasteiger partial charge in [-0.15, -0.1) is 0 Å². The minimum atomic E-state index is -0.468. The van der Waals surface area contributed by atoms with E-state index in [0.29, 0.717) is 23.7 Å². The Kier molecular flexibility index (Phi) is 3.07. The molecule has 2 aliphatic heterocycles. The zero-order chi connectivity index (χ0) is 15.3. The number of benzene rings is 1. The van der Waals surface area contributed by atoms with Crippen molar-refractivity contribution in [2.75, 3.05) is 22.9 Å². The van der Waals surface area contributed by atoms with Gasteiger partial charge >= 0.3 is 0 Å². The van der Waals surface area contributed by atoms with Crippen molar-refractivity contribution < 1.29 is 9.18 Å². The largest absolute Gasteiger partial charge is 0.328 e. The number of fused-ring (bicyclic) bond motifs is 1. The van der Waals surface area contributed by atoms with E-state index >= 15 is 0 Å². The monoisotopic (exact) mass is 320 g/mol. The minimum absolute atomic E-state index is 0.0855. The number of rotatable bonds is 2. The maximum Gasteiger partial charge on any atom is 0.249 e. The number of nitrogens with zero attached hydrogens (tertiary/aromatic N) is 4. The molecule has 1 amide bonds. The van der Waals surface area contributed by atoms with E-state index in [9.17, 15) is 9.18 Å². The molecule has 5 nitrogen and oxygen atoms in total. The molecule has 1 fully saturated rings. The van der Waals surface area contributed by atoms with Gasteiger partial charge in [0.2, 0.25) is 11.9 Å². The van der Waals surface area contributed by atoms with Crippen LogP contribution in [-0.2, 0) is 11.3 Å². The Morgan fingerprint density at radius 2 is 2.14 bits per heavy atom. The Morgan fingerprint density at radius 1 is 1.27 bits per heavy atom. The van der Waals surface area contributed by atoms with E-state index in [1.165, 1.54) is 11.0 Å².